The maximum Gasteiger partial charge on any atom is 0.239 e. The Labute approximate surface area is 99.6 Å². The number of unbranched alkanes of at least 4 members (excludes halogenated alkanes) is 4. The first-order valence-electron chi connectivity index (χ1n) is 6.74. The molecule has 1 unspecified atom stereocenters. The molecule has 1 saturated heterocycles. The van der Waals surface area contributed by atoms with Crippen LogP contribution in [0, 0.1) is 0 Å². The van der Waals surface area contributed by atoms with Crippen molar-refractivity contribution >= 4 is 5.91 Å². The van der Waals surface area contributed by atoms with Gasteiger partial charge >= 0.3 is 0 Å². The summed E-state index contributed by atoms with van der Waals surface area (Å²) in [6.07, 6.45) is 8.46. The minimum absolute atomic E-state index is 0.0978. The van der Waals surface area contributed by atoms with E-state index in [0.29, 0.717) is 0 Å². The van der Waals surface area contributed by atoms with Crippen LogP contribution in [-0.4, -0.2) is 37.0 Å². The first kappa shape index (κ1) is 13.5. The van der Waals surface area contributed by atoms with E-state index in [1.54, 1.807) is 0 Å². The molecule has 1 heterocycles. The second-order valence-corrected chi connectivity index (χ2v) is 4.82. The standard InChI is InChI=1S/C13H26N2O/c1-3-4-5-6-7-11-15(2)13(16)12-9-8-10-14-12/h12,14H,3-11H2,1-2H3. The van der Waals surface area contributed by atoms with Crippen LogP contribution in [-0.2, 0) is 4.79 Å². The number of carbonyl (C=O) groups is 1. The van der Waals surface area contributed by atoms with E-state index < -0.39 is 0 Å². The summed E-state index contributed by atoms with van der Waals surface area (Å²) < 4.78 is 0. The molecule has 3 heteroatoms. The lowest BCUT2D eigenvalue weighted by Gasteiger charge is -2.21. The Kier molecular flexibility index (Phi) is 6.46. The van der Waals surface area contributed by atoms with E-state index in [9.17, 15) is 4.79 Å². The summed E-state index contributed by atoms with van der Waals surface area (Å²) in [5, 5.41) is 3.26. The van der Waals surface area contributed by atoms with E-state index in [0.717, 1.165) is 32.4 Å². The van der Waals surface area contributed by atoms with Crippen LogP contribution < -0.4 is 5.32 Å². The molecule has 1 amide bonds. The largest absolute Gasteiger partial charge is 0.344 e. The smallest absolute Gasteiger partial charge is 0.239 e. The van der Waals surface area contributed by atoms with Gasteiger partial charge in [0.05, 0.1) is 6.04 Å². The number of hydrogen-bond acceptors (Lipinski definition) is 2. The average molecular weight is 226 g/mol. The summed E-state index contributed by atoms with van der Waals surface area (Å²) in [5.74, 6) is 0.285. The van der Waals surface area contributed by atoms with Gasteiger partial charge in [-0.25, -0.2) is 0 Å². The molecule has 0 spiro atoms. The Morgan fingerprint density at radius 2 is 2.06 bits per heavy atom. The molecule has 1 rings (SSSR count). The highest BCUT2D eigenvalue weighted by Gasteiger charge is 2.24. The van der Waals surface area contributed by atoms with Crippen molar-refractivity contribution in [2.75, 3.05) is 20.1 Å². The molecule has 0 bridgehead atoms. The van der Waals surface area contributed by atoms with Crippen LogP contribution in [0.15, 0.2) is 0 Å². The lowest BCUT2D eigenvalue weighted by Crippen LogP contribution is -2.41. The molecule has 0 aromatic rings. The van der Waals surface area contributed by atoms with Crippen LogP contribution in [0.4, 0.5) is 0 Å². The van der Waals surface area contributed by atoms with Gasteiger partial charge < -0.3 is 10.2 Å². The maximum atomic E-state index is 11.9. The molecule has 94 valence electrons. The fourth-order valence-corrected chi connectivity index (χ4v) is 2.22. The zero-order valence-corrected chi connectivity index (χ0v) is 10.8. The van der Waals surface area contributed by atoms with Gasteiger partial charge in [0.15, 0.2) is 0 Å². The van der Waals surface area contributed by atoms with Crippen LogP contribution in [0.3, 0.4) is 0 Å². The van der Waals surface area contributed by atoms with Gasteiger partial charge in [-0.2, -0.15) is 0 Å². The van der Waals surface area contributed by atoms with E-state index in [1.165, 1.54) is 25.7 Å². The van der Waals surface area contributed by atoms with E-state index in [1.807, 2.05) is 11.9 Å². The van der Waals surface area contributed by atoms with Gasteiger partial charge in [0, 0.05) is 13.6 Å². The van der Waals surface area contributed by atoms with Crippen LogP contribution in [0.1, 0.15) is 51.9 Å². The molecule has 1 aliphatic rings. The highest BCUT2D eigenvalue weighted by molar-refractivity contribution is 5.81. The predicted octanol–water partition coefficient (Wildman–Crippen LogP) is 2.17. The summed E-state index contributed by atoms with van der Waals surface area (Å²) in [6.45, 7) is 4.14. The summed E-state index contributed by atoms with van der Waals surface area (Å²) in [5.41, 5.74) is 0. The van der Waals surface area contributed by atoms with Gasteiger partial charge in [-0.05, 0) is 25.8 Å². The van der Waals surface area contributed by atoms with Crippen molar-refractivity contribution < 1.29 is 4.79 Å². The van der Waals surface area contributed by atoms with E-state index in [4.69, 9.17) is 0 Å². The van der Waals surface area contributed by atoms with Gasteiger partial charge in [0.1, 0.15) is 0 Å². The second-order valence-electron chi connectivity index (χ2n) is 4.82. The minimum atomic E-state index is 0.0978. The van der Waals surface area contributed by atoms with E-state index in [-0.39, 0.29) is 11.9 Å². The normalized spacial score (nSPS) is 20.0. The van der Waals surface area contributed by atoms with Crippen molar-refractivity contribution in [2.45, 2.75) is 57.9 Å². The Hall–Kier alpha value is -0.570. The molecule has 0 aromatic heterocycles. The Bertz CT molecular complexity index is 200. The average Bonchev–Trinajstić information content (AvgIpc) is 2.81. The van der Waals surface area contributed by atoms with Crippen LogP contribution >= 0.6 is 0 Å². The summed E-state index contributed by atoms with van der Waals surface area (Å²) in [4.78, 5) is 13.8. The third-order valence-electron chi connectivity index (χ3n) is 3.33. The van der Waals surface area contributed by atoms with Crippen LogP contribution in [0.25, 0.3) is 0 Å². The molecular weight excluding hydrogens is 200 g/mol. The first-order valence-corrected chi connectivity index (χ1v) is 6.74. The topological polar surface area (TPSA) is 32.3 Å². The third kappa shape index (κ3) is 4.52. The van der Waals surface area contributed by atoms with Crippen LogP contribution in [0.2, 0.25) is 0 Å². The predicted molar refractivity (Wildman–Crippen MR) is 67.4 cm³/mol. The molecule has 0 aromatic carbocycles. The van der Waals surface area contributed by atoms with Crippen molar-refractivity contribution in [2.24, 2.45) is 0 Å². The summed E-state index contributed by atoms with van der Waals surface area (Å²) in [6, 6.07) is 0.0978. The molecule has 0 aliphatic carbocycles. The number of likely N-dealkylation sites (N-methyl/N-ethyl adjacent to an activating group) is 1. The lowest BCUT2D eigenvalue weighted by molar-refractivity contribution is -0.131. The summed E-state index contributed by atoms with van der Waals surface area (Å²) in [7, 11) is 1.93. The Balaban J connectivity index is 2.08. The van der Waals surface area contributed by atoms with Crippen molar-refractivity contribution in [1.29, 1.82) is 0 Å². The van der Waals surface area contributed by atoms with Gasteiger partial charge in [-0.15, -0.1) is 0 Å². The quantitative estimate of drug-likeness (QED) is 0.675. The number of carbonyl (C=O) groups excluding carboxylic acids is 1. The van der Waals surface area contributed by atoms with Crippen molar-refractivity contribution in [3.05, 3.63) is 0 Å². The number of nitrogens with zero attached hydrogens (tertiary/aromatic N) is 1. The second kappa shape index (κ2) is 7.66. The number of amides is 1. The minimum Gasteiger partial charge on any atom is -0.344 e. The highest BCUT2D eigenvalue weighted by atomic mass is 16.2. The van der Waals surface area contributed by atoms with Gasteiger partial charge in [-0.1, -0.05) is 32.6 Å². The van der Waals surface area contributed by atoms with Gasteiger partial charge in [-0.3, -0.25) is 4.79 Å². The number of rotatable bonds is 7. The van der Waals surface area contributed by atoms with E-state index in [2.05, 4.69) is 12.2 Å². The fraction of sp³-hybridized carbons (Fsp3) is 0.923. The zero-order chi connectivity index (χ0) is 11.8. The van der Waals surface area contributed by atoms with Gasteiger partial charge in [0.25, 0.3) is 0 Å². The van der Waals surface area contributed by atoms with Crippen molar-refractivity contribution in [3.63, 3.8) is 0 Å². The summed E-state index contributed by atoms with van der Waals surface area (Å²) >= 11 is 0. The monoisotopic (exact) mass is 226 g/mol. The molecule has 16 heavy (non-hydrogen) atoms. The molecule has 1 N–H and O–H groups in total. The third-order valence-corrected chi connectivity index (χ3v) is 3.33. The Morgan fingerprint density at radius 1 is 1.31 bits per heavy atom. The molecule has 3 nitrogen and oxygen atoms in total. The van der Waals surface area contributed by atoms with Crippen LogP contribution in [0.5, 0.6) is 0 Å². The molecule has 0 saturated carbocycles. The number of nitrogens with one attached hydrogen (secondary N) is 1. The Morgan fingerprint density at radius 3 is 2.69 bits per heavy atom. The molecular formula is C13H26N2O. The van der Waals surface area contributed by atoms with E-state index >= 15 is 0 Å². The zero-order valence-electron chi connectivity index (χ0n) is 10.8. The molecule has 0 radical (unpaired) electrons. The molecule has 1 atom stereocenters. The fourth-order valence-electron chi connectivity index (χ4n) is 2.22. The van der Waals surface area contributed by atoms with Crippen molar-refractivity contribution in [1.82, 2.24) is 10.2 Å². The maximum absolute atomic E-state index is 11.9. The highest BCUT2D eigenvalue weighted by Crippen LogP contribution is 2.09. The SMILES string of the molecule is CCCCCCCN(C)C(=O)C1CCCN1. The molecule has 1 aliphatic heterocycles. The van der Waals surface area contributed by atoms with Gasteiger partial charge in [0.2, 0.25) is 5.91 Å². The first-order chi connectivity index (χ1) is 7.75. The lowest BCUT2D eigenvalue weighted by atomic mass is 10.1. The number of hydrogen-bond donors (Lipinski definition) is 1. The molecule has 1 fully saturated rings. The van der Waals surface area contributed by atoms with Crippen molar-refractivity contribution in [3.8, 4) is 0 Å².